The second kappa shape index (κ2) is 12.7. The number of sulfonamides is 1. The molecule has 1 N–H and O–H groups in total. The van der Waals surface area contributed by atoms with Crippen LogP contribution in [0.15, 0.2) is 48.7 Å². The van der Waals surface area contributed by atoms with Gasteiger partial charge in [-0.3, -0.25) is 18.5 Å². The fraction of sp³-hybridized carbons (Fsp3) is 0.333. The fourth-order valence-electron chi connectivity index (χ4n) is 7.77. The van der Waals surface area contributed by atoms with Gasteiger partial charge < -0.3 is 9.88 Å². The molecule has 8 rings (SSSR count). The lowest BCUT2D eigenvalue weighted by molar-refractivity contribution is -0.123. The SMILES string of the molecule is CN(c1nn(C)c2c(-c3cc4c(ccn4C)nc3[C@H](Cc3cc(F)cc(F)c3)NC(=O)Cn3nc(C(F)F)c4c3C(F)(F)[C@@H]3C[C@H]43)ccc(Cl)c12)S(C)(=O)=O. The highest BCUT2D eigenvalue weighted by atomic mass is 35.5. The van der Waals surface area contributed by atoms with Crippen molar-refractivity contribution < 1.29 is 39.6 Å². The van der Waals surface area contributed by atoms with Crippen molar-refractivity contribution in [3.63, 3.8) is 0 Å². The first-order valence-electron chi connectivity index (χ1n) is 16.9. The summed E-state index contributed by atoms with van der Waals surface area (Å²) in [5, 5.41) is 11.5. The number of hydrogen-bond acceptors (Lipinski definition) is 6. The number of pyridine rings is 1. The van der Waals surface area contributed by atoms with E-state index in [1.807, 2.05) is 0 Å². The first-order chi connectivity index (χ1) is 25.8. The number of fused-ring (bicyclic) bond motifs is 5. The van der Waals surface area contributed by atoms with Gasteiger partial charge in [-0.05, 0) is 54.7 Å². The number of nitrogens with one attached hydrogen (secondary N) is 1. The highest BCUT2D eigenvalue weighted by Crippen LogP contribution is 2.68. The molecule has 1 amide bonds. The fourth-order valence-corrected chi connectivity index (χ4v) is 8.45. The summed E-state index contributed by atoms with van der Waals surface area (Å²) in [5.41, 5.74) is 0.818. The molecule has 55 heavy (non-hydrogen) atoms. The van der Waals surface area contributed by atoms with Crippen LogP contribution in [0.2, 0.25) is 5.02 Å². The molecule has 0 saturated heterocycles. The van der Waals surface area contributed by atoms with E-state index in [2.05, 4.69) is 15.5 Å². The zero-order valence-electron chi connectivity index (χ0n) is 29.5. The topological polar surface area (TPSA) is 120 Å². The maximum Gasteiger partial charge on any atom is 0.293 e. The van der Waals surface area contributed by atoms with Crippen molar-refractivity contribution in [2.45, 2.75) is 43.7 Å². The number of hydrogen-bond donors (Lipinski definition) is 1. The third-order valence-electron chi connectivity index (χ3n) is 10.4. The first-order valence-corrected chi connectivity index (χ1v) is 19.1. The van der Waals surface area contributed by atoms with E-state index in [9.17, 15) is 30.8 Å². The average Bonchev–Trinajstić information content (AvgIpc) is 3.40. The van der Waals surface area contributed by atoms with Crippen LogP contribution in [0.1, 0.15) is 53.0 Å². The molecule has 3 atom stereocenters. The van der Waals surface area contributed by atoms with Crippen LogP contribution in [0.3, 0.4) is 0 Å². The summed E-state index contributed by atoms with van der Waals surface area (Å²) in [5.74, 6) is -8.05. The standard InChI is InChI=1S/C36H31ClF6N8O3S/c1-48-8-7-24-26(48)14-20(19-5-6-23(37)29-32(19)49(2)47-35(29)50(3)55(4,53)54)30(45-24)25(11-16-9-17(38)12-18(39)10-16)44-27(52)15-51-33-28(31(46-51)34(40)41)21-13-22(21)36(33,42)43/h5-10,12,14,21-22,25,34H,11,13,15H2,1-4H3,(H,44,52)/t21-,22+,25-/m0/s1. The minimum atomic E-state index is -3.79. The third kappa shape index (κ3) is 6.09. The normalized spacial score (nSPS) is 17.9. The number of carbonyl (C=O) groups excluding carboxylic acids is 1. The molecule has 6 aromatic rings. The van der Waals surface area contributed by atoms with Gasteiger partial charge in [0.15, 0.2) is 5.82 Å². The number of halogens is 7. The quantitative estimate of drug-likeness (QED) is 0.151. The second-order valence-corrected chi connectivity index (χ2v) is 16.4. The molecule has 0 spiro atoms. The van der Waals surface area contributed by atoms with Gasteiger partial charge >= 0.3 is 0 Å². The first kappa shape index (κ1) is 36.9. The Kier molecular flexibility index (Phi) is 8.53. The number of nitrogens with zero attached hydrogens (tertiary/aromatic N) is 7. The van der Waals surface area contributed by atoms with Crippen LogP contribution in [0.4, 0.5) is 32.2 Å². The van der Waals surface area contributed by atoms with Crippen molar-refractivity contribution >= 4 is 55.3 Å². The van der Waals surface area contributed by atoms with Crippen LogP contribution in [0.5, 0.6) is 0 Å². The molecular formula is C36H31ClF6N8O3S. The summed E-state index contributed by atoms with van der Waals surface area (Å²) in [6, 6.07) is 8.27. The van der Waals surface area contributed by atoms with Crippen molar-refractivity contribution in [1.82, 2.24) is 34.4 Å². The minimum absolute atomic E-state index is 0.0331. The van der Waals surface area contributed by atoms with Gasteiger partial charge in [-0.15, -0.1) is 0 Å². The lowest BCUT2D eigenvalue weighted by Gasteiger charge is -2.23. The molecule has 0 aliphatic heterocycles. The van der Waals surface area contributed by atoms with E-state index in [0.717, 1.165) is 22.7 Å². The predicted octanol–water partition coefficient (Wildman–Crippen LogP) is 6.90. The number of carbonyl (C=O) groups is 1. The van der Waals surface area contributed by atoms with Gasteiger partial charge in [0, 0.05) is 56.0 Å². The maximum atomic E-state index is 15.4. The zero-order valence-corrected chi connectivity index (χ0v) is 31.0. The smallest absolute Gasteiger partial charge is 0.293 e. The molecule has 1 fully saturated rings. The number of benzene rings is 2. The molecule has 1 saturated carbocycles. The Hall–Kier alpha value is -5.10. The number of rotatable bonds is 10. The van der Waals surface area contributed by atoms with E-state index in [1.165, 1.54) is 11.7 Å². The van der Waals surface area contributed by atoms with Crippen LogP contribution >= 0.6 is 11.6 Å². The molecule has 19 heteroatoms. The minimum Gasteiger partial charge on any atom is -0.349 e. The Labute approximate surface area is 314 Å². The van der Waals surface area contributed by atoms with Crippen LogP contribution in [-0.2, 0) is 47.8 Å². The largest absolute Gasteiger partial charge is 0.349 e. The van der Waals surface area contributed by atoms with E-state index in [-0.39, 0.29) is 45.9 Å². The van der Waals surface area contributed by atoms with Crippen LogP contribution < -0.4 is 9.62 Å². The van der Waals surface area contributed by atoms with Crippen molar-refractivity contribution in [3.05, 3.63) is 93.5 Å². The highest BCUT2D eigenvalue weighted by molar-refractivity contribution is 7.92. The highest BCUT2D eigenvalue weighted by Gasteiger charge is 2.67. The molecule has 4 heterocycles. The molecule has 2 aliphatic rings. The van der Waals surface area contributed by atoms with Gasteiger partial charge in [-0.25, -0.2) is 31.0 Å². The number of aryl methyl sites for hydroxylation is 2. The molecule has 0 bridgehead atoms. The molecule has 2 aliphatic carbocycles. The van der Waals surface area contributed by atoms with E-state index >= 15 is 8.78 Å². The van der Waals surface area contributed by atoms with E-state index in [4.69, 9.17) is 16.6 Å². The van der Waals surface area contributed by atoms with Gasteiger partial charge in [0.25, 0.3) is 12.3 Å². The van der Waals surface area contributed by atoms with Crippen molar-refractivity contribution in [1.29, 1.82) is 0 Å². The number of anilines is 1. The van der Waals surface area contributed by atoms with Crippen LogP contribution in [0.25, 0.3) is 33.1 Å². The summed E-state index contributed by atoms with van der Waals surface area (Å²) >= 11 is 6.68. The molecule has 288 valence electrons. The van der Waals surface area contributed by atoms with Gasteiger partial charge in [0.05, 0.1) is 45.0 Å². The Morgan fingerprint density at radius 2 is 1.76 bits per heavy atom. The summed E-state index contributed by atoms with van der Waals surface area (Å²) in [4.78, 5) is 18.8. The molecule has 2 aromatic carbocycles. The molecule has 11 nitrogen and oxygen atoms in total. The van der Waals surface area contributed by atoms with Gasteiger partial charge in [-0.2, -0.15) is 19.0 Å². The average molecular weight is 805 g/mol. The molecule has 4 aromatic heterocycles. The predicted molar refractivity (Wildman–Crippen MR) is 192 cm³/mol. The summed E-state index contributed by atoms with van der Waals surface area (Å²) < 4.78 is 118. The Balaban J connectivity index is 1.29. The van der Waals surface area contributed by atoms with Crippen molar-refractivity contribution in [3.8, 4) is 11.1 Å². The van der Waals surface area contributed by atoms with Gasteiger partial charge in [0.2, 0.25) is 15.9 Å². The third-order valence-corrected chi connectivity index (χ3v) is 11.9. The van der Waals surface area contributed by atoms with Gasteiger partial charge in [0.1, 0.15) is 29.6 Å². The Morgan fingerprint density at radius 3 is 2.44 bits per heavy atom. The second-order valence-electron chi connectivity index (χ2n) is 14.0. The van der Waals surface area contributed by atoms with E-state index in [1.54, 1.807) is 49.1 Å². The van der Waals surface area contributed by atoms with Crippen LogP contribution in [-0.4, -0.2) is 56.7 Å². The molecule has 0 radical (unpaired) electrons. The maximum absolute atomic E-state index is 15.4. The summed E-state index contributed by atoms with van der Waals surface area (Å²) in [7, 11) is 0.891. The summed E-state index contributed by atoms with van der Waals surface area (Å²) in [6.07, 6.45) is -0.613. The molecular weight excluding hydrogens is 774 g/mol. The van der Waals surface area contributed by atoms with Crippen molar-refractivity contribution in [2.75, 3.05) is 17.6 Å². The summed E-state index contributed by atoms with van der Waals surface area (Å²) in [6.45, 7) is -0.866. The van der Waals surface area contributed by atoms with Gasteiger partial charge in [-0.1, -0.05) is 17.7 Å². The number of amides is 1. The number of alkyl halides is 4. The monoisotopic (exact) mass is 804 g/mol. The van der Waals surface area contributed by atoms with Crippen molar-refractivity contribution in [2.24, 2.45) is 20.0 Å². The molecule has 0 unspecified atom stereocenters. The number of aromatic nitrogens is 6. The lowest BCUT2D eigenvalue weighted by Crippen LogP contribution is -2.35. The van der Waals surface area contributed by atoms with E-state index < -0.39 is 75.7 Å². The van der Waals surface area contributed by atoms with E-state index in [0.29, 0.717) is 38.4 Å². The lowest BCUT2D eigenvalue weighted by atomic mass is 9.93. The Morgan fingerprint density at radius 1 is 1.05 bits per heavy atom. The Bertz CT molecular complexity index is 2670. The van der Waals surface area contributed by atoms with Crippen LogP contribution in [0, 0.1) is 17.6 Å². The zero-order chi connectivity index (χ0) is 39.5.